The van der Waals surface area contributed by atoms with Gasteiger partial charge in [-0.1, -0.05) is 17.7 Å². The molecule has 1 aromatic carbocycles. The van der Waals surface area contributed by atoms with E-state index in [1.54, 1.807) is 0 Å². The lowest BCUT2D eigenvalue weighted by Crippen LogP contribution is -2.56. The van der Waals surface area contributed by atoms with Crippen LogP contribution in [-0.2, 0) is 4.79 Å². The van der Waals surface area contributed by atoms with Gasteiger partial charge in [-0.05, 0) is 38.3 Å². The Kier molecular flexibility index (Phi) is 4.10. The van der Waals surface area contributed by atoms with Crippen molar-refractivity contribution in [1.82, 2.24) is 5.32 Å². The Morgan fingerprint density at radius 2 is 1.95 bits per heavy atom. The van der Waals surface area contributed by atoms with E-state index in [9.17, 15) is 9.90 Å². The summed E-state index contributed by atoms with van der Waals surface area (Å²) in [5.41, 5.74) is 4.75. The fourth-order valence-electron chi connectivity index (χ4n) is 3.02. The molecule has 104 valence electrons. The smallest absolute Gasteiger partial charge is 0.242 e. The van der Waals surface area contributed by atoms with Crippen LogP contribution in [-0.4, -0.2) is 36.8 Å². The van der Waals surface area contributed by atoms with Gasteiger partial charge < -0.3 is 15.3 Å². The van der Waals surface area contributed by atoms with Crippen molar-refractivity contribution in [2.75, 3.05) is 24.6 Å². The van der Waals surface area contributed by atoms with Gasteiger partial charge in [-0.2, -0.15) is 0 Å². The molecule has 0 spiro atoms. The summed E-state index contributed by atoms with van der Waals surface area (Å²) in [5, 5.41) is 12.1. The number of aliphatic hydroxyl groups excluding tert-OH is 1. The van der Waals surface area contributed by atoms with E-state index in [0.717, 1.165) is 12.2 Å². The lowest BCUT2D eigenvalue weighted by Gasteiger charge is -2.38. The zero-order valence-corrected chi connectivity index (χ0v) is 11.9. The van der Waals surface area contributed by atoms with Crippen molar-refractivity contribution in [1.29, 1.82) is 0 Å². The number of amides is 1. The Labute approximate surface area is 114 Å². The Bertz CT molecular complexity index is 462. The summed E-state index contributed by atoms with van der Waals surface area (Å²) < 4.78 is 0. The highest BCUT2D eigenvalue weighted by Crippen LogP contribution is 2.29. The number of aryl methyl sites for hydroxylation is 3. The first kappa shape index (κ1) is 13.9. The van der Waals surface area contributed by atoms with E-state index in [2.05, 4.69) is 43.1 Å². The third-order valence-corrected chi connectivity index (χ3v) is 3.66. The number of carbonyl (C=O) groups is 1. The van der Waals surface area contributed by atoms with Gasteiger partial charge >= 0.3 is 0 Å². The standard InChI is InChI=1S/C15H22N2O2/c1-10-8-11(2)14(12(3)9-10)17-6-5-16-15(19)13(17)4-7-18/h8-9,13,18H,4-7H2,1-3H3,(H,16,19). The summed E-state index contributed by atoms with van der Waals surface area (Å²) in [5.74, 6) is 0.0136. The topological polar surface area (TPSA) is 52.6 Å². The molecule has 4 heteroatoms. The van der Waals surface area contributed by atoms with Crippen molar-refractivity contribution < 1.29 is 9.90 Å². The number of piperazine rings is 1. The minimum Gasteiger partial charge on any atom is -0.396 e. The van der Waals surface area contributed by atoms with Crippen molar-refractivity contribution in [3.63, 3.8) is 0 Å². The van der Waals surface area contributed by atoms with Crippen LogP contribution in [0.3, 0.4) is 0 Å². The number of anilines is 1. The third-order valence-electron chi connectivity index (χ3n) is 3.66. The number of rotatable bonds is 3. The molecule has 1 unspecified atom stereocenters. The lowest BCUT2D eigenvalue weighted by atomic mass is 10.0. The van der Waals surface area contributed by atoms with Gasteiger partial charge in [0.05, 0.1) is 0 Å². The van der Waals surface area contributed by atoms with Gasteiger partial charge in [-0.3, -0.25) is 4.79 Å². The summed E-state index contributed by atoms with van der Waals surface area (Å²) in [6.45, 7) is 7.72. The molecule has 0 aliphatic carbocycles. The number of hydrogen-bond donors (Lipinski definition) is 2. The molecule has 1 saturated heterocycles. The van der Waals surface area contributed by atoms with Gasteiger partial charge in [0.2, 0.25) is 5.91 Å². The van der Waals surface area contributed by atoms with Gasteiger partial charge in [-0.25, -0.2) is 0 Å². The lowest BCUT2D eigenvalue weighted by molar-refractivity contribution is -0.123. The van der Waals surface area contributed by atoms with Gasteiger partial charge in [0, 0.05) is 25.4 Å². The number of nitrogens with zero attached hydrogens (tertiary/aromatic N) is 1. The van der Waals surface area contributed by atoms with Crippen LogP contribution < -0.4 is 10.2 Å². The number of benzene rings is 1. The first-order chi connectivity index (χ1) is 9.04. The van der Waals surface area contributed by atoms with Crippen molar-refractivity contribution >= 4 is 11.6 Å². The average molecular weight is 262 g/mol. The molecule has 19 heavy (non-hydrogen) atoms. The van der Waals surface area contributed by atoms with Gasteiger partial charge in [-0.15, -0.1) is 0 Å². The van der Waals surface area contributed by atoms with E-state index in [1.807, 2.05) is 0 Å². The Morgan fingerprint density at radius 3 is 2.53 bits per heavy atom. The zero-order valence-electron chi connectivity index (χ0n) is 11.9. The molecule has 0 saturated carbocycles. The molecular formula is C15H22N2O2. The van der Waals surface area contributed by atoms with E-state index < -0.39 is 0 Å². The molecule has 1 aliphatic heterocycles. The summed E-state index contributed by atoms with van der Waals surface area (Å²) in [4.78, 5) is 14.1. The number of carbonyl (C=O) groups excluding carboxylic acids is 1. The van der Waals surface area contributed by atoms with E-state index >= 15 is 0 Å². The highest BCUT2D eigenvalue weighted by atomic mass is 16.3. The zero-order chi connectivity index (χ0) is 14.0. The molecule has 0 bridgehead atoms. The molecule has 1 atom stereocenters. The third kappa shape index (κ3) is 2.73. The maximum atomic E-state index is 12.0. The fraction of sp³-hybridized carbons (Fsp3) is 0.533. The van der Waals surface area contributed by atoms with Crippen LogP contribution in [0.5, 0.6) is 0 Å². The van der Waals surface area contributed by atoms with E-state index in [0.29, 0.717) is 13.0 Å². The summed E-state index contributed by atoms with van der Waals surface area (Å²) >= 11 is 0. The first-order valence-corrected chi connectivity index (χ1v) is 6.77. The average Bonchev–Trinajstić information content (AvgIpc) is 2.32. The van der Waals surface area contributed by atoms with Crippen LogP contribution in [0.25, 0.3) is 0 Å². The van der Waals surface area contributed by atoms with Gasteiger partial charge in [0.15, 0.2) is 0 Å². The molecule has 0 radical (unpaired) electrons. The molecule has 1 aromatic rings. The quantitative estimate of drug-likeness (QED) is 0.863. The van der Waals surface area contributed by atoms with Crippen molar-refractivity contribution in [3.05, 3.63) is 28.8 Å². The maximum Gasteiger partial charge on any atom is 0.242 e. The van der Waals surface area contributed by atoms with Crippen LogP contribution in [0.2, 0.25) is 0 Å². The van der Waals surface area contributed by atoms with E-state index in [-0.39, 0.29) is 18.6 Å². The van der Waals surface area contributed by atoms with Gasteiger partial charge in [0.25, 0.3) is 0 Å². The monoisotopic (exact) mass is 262 g/mol. The SMILES string of the molecule is Cc1cc(C)c(N2CCNC(=O)C2CCO)c(C)c1. The Morgan fingerprint density at radius 1 is 1.32 bits per heavy atom. The predicted molar refractivity (Wildman–Crippen MR) is 76.5 cm³/mol. The Balaban J connectivity index is 2.40. The summed E-state index contributed by atoms with van der Waals surface area (Å²) in [6.07, 6.45) is 0.471. The van der Waals surface area contributed by atoms with Crippen molar-refractivity contribution in [3.8, 4) is 0 Å². The van der Waals surface area contributed by atoms with E-state index in [1.165, 1.54) is 16.7 Å². The minimum atomic E-state index is -0.265. The second kappa shape index (κ2) is 5.61. The van der Waals surface area contributed by atoms with Crippen LogP contribution >= 0.6 is 0 Å². The molecule has 0 aromatic heterocycles. The predicted octanol–water partition coefficient (Wildman–Crippen LogP) is 1.30. The van der Waals surface area contributed by atoms with Crippen molar-refractivity contribution in [2.24, 2.45) is 0 Å². The second-order valence-electron chi connectivity index (χ2n) is 5.26. The molecule has 1 heterocycles. The molecular weight excluding hydrogens is 240 g/mol. The molecule has 2 N–H and O–H groups in total. The highest BCUT2D eigenvalue weighted by Gasteiger charge is 2.30. The number of hydrogen-bond acceptors (Lipinski definition) is 3. The second-order valence-corrected chi connectivity index (χ2v) is 5.26. The molecule has 2 rings (SSSR count). The summed E-state index contributed by atoms with van der Waals surface area (Å²) in [6, 6.07) is 4.02. The van der Waals surface area contributed by atoms with Crippen LogP contribution in [0, 0.1) is 20.8 Å². The van der Waals surface area contributed by atoms with Gasteiger partial charge in [0.1, 0.15) is 6.04 Å². The number of nitrogens with one attached hydrogen (secondary N) is 1. The normalized spacial score (nSPS) is 19.5. The molecule has 1 fully saturated rings. The highest BCUT2D eigenvalue weighted by molar-refractivity contribution is 5.87. The Hall–Kier alpha value is -1.55. The first-order valence-electron chi connectivity index (χ1n) is 6.77. The van der Waals surface area contributed by atoms with Crippen LogP contribution in [0.15, 0.2) is 12.1 Å². The molecule has 4 nitrogen and oxygen atoms in total. The number of aliphatic hydroxyl groups is 1. The molecule has 1 aliphatic rings. The molecule has 1 amide bonds. The van der Waals surface area contributed by atoms with E-state index in [4.69, 9.17) is 0 Å². The van der Waals surface area contributed by atoms with Crippen LogP contribution in [0.4, 0.5) is 5.69 Å². The summed E-state index contributed by atoms with van der Waals surface area (Å²) in [7, 11) is 0. The minimum absolute atomic E-state index is 0.0136. The van der Waals surface area contributed by atoms with Crippen molar-refractivity contribution in [2.45, 2.75) is 33.2 Å². The maximum absolute atomic E-state index is 12.0. The fourth-order valence-corrected chi connectivity index (χ4v) is 3.02. The van der Waals surface area contributed by atoms with Crippen LogP contribution in [0.1, 0.15) is 23.1 Å². The largest absolute Gasteiger partial charge is 0.396 e.